The summed E-state index contributed by atoms with van der Waals surface area (Å²) in [5.74, 6) is -0.519. The lowest BCUT2D eigenvalue weighted by molar-refractivity contribution is -0.138. The molecule has 1 aromatic carbocycles. The van der Waals surface area contributed by atoms with Gasteiger partial charge in [0, 0.05) is 5.56 Å². The first-order valence-electron chi connectivity index (χ1n) is 5.70. The van der Waals surface area contributed by atoms with E-state index in [-0.39, 0.29) is 0 Å². The topological polar surface area (TPSA) is 84.9 Å². The fourth-order valence-electron chi connectivity index (χ4n) is 1.60. The zero-order valence-electron chi connectivity index (χ0n) is 10.2. The number of hydrogen-bond acceptors (Lipinski definition) is 4. The quantitative estimate of drug-likeness (QED) is 0.869. The van der Waals surface area contributed by atoms with Gasteiger partial charge in [-0.3, -0.25) is 4.79 Å². The Kier molecular flexibility index (Phi) is 3.70. The van der Waals surface area contributed by atoms with Gasteiger partial charge in [0.1, 0.15) is 11.8 Å². The second-order valence-corrected chi connectivity index (χ2v) is 4.01. The van der Waals surface area contributed by atoms with E-state index in [9.17, 15) is 9.59 Å². The number of carbonyl (C=O) groups excluding carboxylic acids is 1. The summed E-state index contributed by atoms with van der Waals surface area (Å²) in [6, 6.07) is 6.13. The summed E-state index contributed by atoms with van der Waals surface area (Å²) in [5, 5.41) is 10.9. The van der Waals surface area contributed by atoms with E-state index in [0.717, 1.165) is 0 Å². The molecule has 0 fully saturated rings. The molecule has 0 aliphatic carbocycles. The molecule has 2 unspecified atom stereocenters. The molecule has 0 aromatic heterocycles. The minimum Gasteiger partial charge on any atom is -0.480 e. The summed E-state index contributed by atoms with van der Waals surface area (Å²) in [6.07, 6.45) is 1.63. The van der Waals surface area contributed by atoms with Gasteiger partial charge in [-0.1, -0.05) is 18.2 Å². The van der Waals surface area contributed by atoms with Gasteiger partial charge in [-0.25, -0.2) is 4.79 Å². The molecule has 6 nitrogen and oxygen atoms in total. The number of nitrogens with one attached hydrogen (secondary N) is 1. The molecule has 1 aliphatic heterocycles. The number of aliphatic carboxylic acids is 1. The SMILES string of the molecule is CC(NC(=O)OC1C=COc2ccccc21)C(=O)O. The summed E-state index contributed by atoms with van der Waals surface area (Å²) >= 11 is 0. The molecule has 0 saturated heterocycles. The number of benzene rings is 1. The largest absolute Gasteiger partial charge is 0.480 e. The van der Waals surface area contributed by atoms with Crippen LogP contribution in [0.4, 0.5) is 4.79 Å². The number of amides is 1. The maximum atomic E-state index is 11.6. The highest BCUT2D eigenvalue weighted by Crippen LogP contribution is 2.32. The maximum Gasteiger partial charge on any atom is 0.408 e. The molecular weight excluding hydrogens is 250 g/mol. The van der Waals surface area contributed by atoms with Crippen LogP contribution in [0, 0.1) is 0 Å². The normalized spacial score (nSPS) is 17.8. The predicted molar refractivity (Wildman–Crippen MR) is 65.7 cm³/mol. The number of rotatable bonds is 3. The van der Waals surface area contributed by atoms with Gasteiger partial charge in [0.15, 0.2) is 6.10 Å². The molecule has 100 valence electrons. The molecule has 19 heavy (non-hydrogen) atoms. The Hall–Kier alpha value is -2.50. The van der Waals surface area contributed by atoms with Gasteiger partial charge < -0.3 is 19.9 Å². The first-order chi connectivity index (χ1) is 9.08. The van der Waals surface area contributed by atoms with Gasteiger partial charge in [0.2, 0.25) is 0 Å². The van der Waals surface area contributed by atoms with Crippen molar-refractivity contribution in [2.45, 2.75) is 19.1 Å². The van der Waals surface area contributed by atoms with Gasteiger partial charge in [0.25, 0.3) is 0 Å². The van der Waals surface area contributed by atoms with Crippen LogP contribution in [0.3, 0.4) is 0 Å². The fraction of sp³-hybridized carbons (Fsp3) is 0.231. The number of para-hydroxylation sites is 1. The van der Waals surface area contributed by atoms with Gasteiger partial charge in [0.05, 0.1) is 6.26 Å². The van der Waals surface area contributed by atoms with E-state index < -0.39 is 24.2 Å². The Bertz CT molecular complexity index is 526. The van der Waals surface area contributed by atoms with Crippen molar-refractivity contribution in [2.24, 2.45) is 0 Å². The first-order valence-corrected chi connectivity index (χ1v) is 5.70. The fourth-order valence-corrected chi connectivity index (χ4v) is 1.60. The summed E-state index contributed by atoms with van der Waals surface area (Å²) in [6.45, 7) is 1.36. The average molecular weight is 263 g/mol. The minimum absolute atomic E-state index is 0.592. The molecule has 0 saturated carbocycles. The molecule has 2 N–H and O–H groups in total. The van der Waals surface area contributed by atoms with Crippen LogP contribution in [0.25, 0.3) is 0 Å². The van der Waals surface area contributed by atoms with Crippen LogP contribution in [0.5, 0.6) is 5.75 Å². The van der Waals surface area contributed by atoms with Crippen molar-refractivity contribution in [3.05, 3.63) is 42.2 Å². The van der Waals surface area contributed by atoms with Gasteiger partial charge in [-0.2, -0.15) is 0 Å². The summed E-state index contributed by atoms with van der Waals surface area (Å²) in [4.78, 5) is 22.2. The molecule has 0 spiro atoms. The van der Waals surface area contributed by atoms with E-state index in [0.29, 0.717) is 11.3 Å². The Morgan fingerprint density at radius 1 is 1.42 bits per heavy atom. The molecule has 2 atom stereocenters. The Morgan fingerprint density at radius 2 is 2.16 bits per heavy atom. The predicted octanol–water partition coefficient (Wildman–Crippen LogP) is 1.83. The van der Waals surface area contributed by atoms with Crippen LogP contribution < -0.4 is 10.1 Å². The van der Waals surface area contributed by atoms with E-state index in [1.165, 1.54) is 13.2 Å². The lowest BCUT2D eigenvalue weighted by Gasteiger charge is -2.21. The molecular formula is C13H13NO5. The van der Waals surface area contributed by atoms with Crippen molar-refractivity contribution >= 4 is 12.1 Å². The third kappa shape index (κ3) is 3.04. The highest BCUT2D eigenvalue weighted by atomic mass is 16.6. The summed E-state index contributed by atoms with van der Waals surface area (Å²) < 4.78 is 10.4. The summed E-state index contributed by atoms with van der Waals surface area (Å²) in [5.41, 5.74) is 0.711. The van der Waals surface area contributed by atoms with Crippen LogP contribution in [-0.2, 0) is 9.53 Å². The van der Waals surface area contributed by atoms with E-state index in [1.54, 1.807) is 24.3 Å². The van der Waals surface area contributed by atoms with Gasteiger partial charge in [-0.05, 0) is 19.1 Å². The Morgan fingerprint density at radius 3 is 2.89 bits per heavy atom. The van der Waals surface area contributed by atoms with Crippen molar-refractivity contribution in [1.82, 2.24) is 5.32 Å². The van der Waals surface area contributed by atoms with Gasteiger partial charge >= 0.3 is 12.1 Å². The van der Waals surface area contributed by atoms with E-state index in [4.69, 9.17) is 14.6 Å². The van der Waals surface area contributed by atoms with E-state index in [2.05, 4.69) is 5.32 Å². The molecule has 1 heterocycles. The Balaban J connectivity index is 2.03. The third-order valence-corrected chi connectivity index (χ3v) is 2.61. The minimum atomic E-state index is -1.13. The lowest BCUT2D eigenvalue weighted by atomic mass is 10.1. The molecule has 0 bridgehead atoms. The standard InChI is InChI=1S/C13H13NO5/c1-8(12(15)16)14-13(17)19-11-6-7-18-10-5-3-2-4-9(10)11/h2-8,11H,1H3,(H,14,17)(H,15,16). The molecule has 6 heteroatoms. The van der Waals surface area contributed by atoms with E-state index in [1.807, 2.05) is 6.07 Å². The molecule has 1 aromatic rings. The van der Waals surface area contributed by atoms with Crippen molar-refractivity contribution in [3.8, 4) is 5.75 Å². The first kappa shape index (κ1) is 12.9. The average Bonchev–Trinajstić information content (AvgIpc) is 2.39. The number of carboxylic acid groups (broad SMARTS) is 1. The lowest BCUT2D eigenvalue weighted by Crippen LogP contribution is -2.39. The van der Waals surface area contributed by atoms with Crippen LogP contribution in [0.2, 0.25) is 0 Å². The number of carbonyl (C=O) groups is 2. The van der Waals surface area contributed by atoms with Crippen molar-refractivity contribution in [3.63, 3.8) is 0 Å². The monoisotopic (exact) mass is 263 g/mol. The molecule has 2 rings (SSSR count). The molecule has 1 aliphatic rings. The van der Waals surface area contributed by atoms with Crippen molar-refractivity contribution in [1.29, 1.82) is 0 Å². The van der Waals surface area contributed by atoms with E-state index >= 15 is 0 Å². The molecule has 0 radical (unpaired) electrons. The van der Waals surface area contributed by atoms with Crippen molar-refractivity contribution < 1.29 is 24.2 Å². The number of hydrogen-bond donors (Lipinski definition) is 2. The second kappa shape index (κ2) is 5.43. The highest BCUT2D eigenvalue weighted by molar-refractivity contribution is 5.79. The smallest absolute Gasteiger partial charge is 0.408 e. The number of alkyl carbamates (subject to hydrolysis) is 1. The maximum absolute atomic E-state index is 11.6. The summed E-state index contributed by atoms with van der Waals surface area (Å²) in [7, 11) is 0. The molecule has 1 amide bonds. The number of carboxylic acids is 1. The van der Waals surface area contributed by atoms with Crippen molar-refractivity contribution in [2.75, 3.05) is 0 Å². The number of ether oxygens (including phenoxy) is 2. The second-order valence-electron chi connectivity index (χ2n) is 4.01. The zero-order valence-corrected chi connectivity index (χ0v) is 10.2. The number of fused-ring (bicyclic) bond motifs is 1. The zero-order chi connectivity index (χ0) is 13.8. The highest BCUT2D eigenvalue weighted by Gasteiger charge is 2.22. The third-order valence-electron chi connectivity index (χ3n) is 2.61. The Labute approximate surface area is 109 Å². The van der Waals surface area contributed by atoms with Crippen LogP contribution in [-0.4, -0.2) is 23.2 Å². The van der Waals surface area contributed by atoms with Crippen LogP contribution in [0.1, 0.15) is 18.6 Å². The van der Waals surface area contributed by atoms with Crippen LogP contribution >= 0.6 is 0 Å². The van der Waals surface area contributed by atoms with Crippen LogP contribution in [0.15, 0.2) is 36.6 Å². The van der Waals surface area contributed by atoms with Gasteiger partial charge in [-0.15, -0.1) is 0 Å².